The van der Waals surface area contributed by atoms with Gasteiger partial charge in [-0.15, -0.1) is 11.8 Å². The van der Waals surface area contributed by atoms with E-state index in [0.717, 1.165) is 17.1 Å². The highest BCUT2D eigenvalue weighted by Crippen LogP contribution is 2.18. The number of aliphatic imine (C=N–C) groups is 1. The summed E-state index contributed by atoms with van der Waals surface area (Å²) in [6.45, 7) is 3.47. The van der Waals surface area contributed by atoms with Gasteiger partial charge in [-0.2, -0.15) is 0 Å². The summed E-state index contributed by atoms with van der Waals surface area (Å²) in [6, 6.07) is 3.45. The van der Waals surface area contributed by atoms with Crippen LogP contribution in [0.4, 0.5) is 8.78 Å². The van der Waals surface area contributed by atoms with Crippen molar-refractivity contribution in [3.63, 3.8) is 0 Å². The van der Waals surface area contributed by atoms with E-state index in [2.05, 4.69) is 27.5 Å². The summed E-state index contributed by atoms with van der Waals surface area (Å²) in [4.78, 5) is 3.98. The number of rotatable bonds is 4. The summed E-state index contributed by atoms with van der Waals surface area (Å²) in [5.41, 5.74) is 0.298. The van der Waals surface area contributed by atoms with Crippen LogP contribution in [0.5, 0.6) is 0 Å². The van der Waals surface area contributed by atoms with Crippen molar-refractivity contribution < 1.29 is 8.78 Å². The second-order valence-electron chi connectivity index (χ2n) is 2.78. The highest BCUT2D eigenvalue weighted by atomic mass is 79.9. The second-order valence-corrected chi connectivity index (χ2v) is 4.66. The first-order valence-corrected chi connectivity index (χ1v) is 6.62. The third kappa shape index (κ3) is 3.72. The first kappa shape index (κ1) is 13.4. The zero-order valence-electron chi connectivity index (χ0n) is 8.42. The van der Waals surface area contributed by atoms with Gasteiger partial charge in [-0.3, -0.25) is 0 Å². The number of thioether (sulfide) groups is 1. The normalized spacial score (nSPS) is 11.6. The van der Waals surface area contributed by atoms with Crippen molar-refractivity contribution in [1.29, 1.82) is 0 Å². The van der Waals surface area contributed by atoms with Crippen LogP contribution in [0.1, 0.15) is 5.56 Å². The summed E-state index contributed by atoms with van der Waals surface area (Å²) in [5, 5.41) is 1.28. The lowest BCUT2D eigenvalue weighted by molar-refractivity contribution is 0.582. The molecule has 5 heteroatoms. The molecule has 86 valence electrons. The molecule has 0 spiro atoms. The van der Waals surface area contributed by atoms with Gasteiger partial charge in [0.05, 0.1) is 0 Å². The topological polar surface area (TPSA) is 12.4 Å². The SMILES string of the molecule is C=CN=C(SCCBr)c1ccc(F)cc1F. The monoisotopic (exact) mass is 305 g/mol. The third-order valence-corrected chi connectivity index (χ3v) is 3.61. The van der Waals surface area contributed by atoms with Gasteiger partial charge in [-0.1, -0.05) is 22.5 Å². The molecule has 1 aromatic carbocycles. The van der Waals surface area contributed by atoms with Crippen molar-refractivity contribution in [2.24, 2.45) is 4.99 Å². The molecule has 0 radical (unpaired) electrons. The summed E-state index contributed by atoms with van der Waals surface area (Å²) in [6.07, 6.45) is 1.35. The van der Waals surface area contributed by atoms with E-state index in [4.69, 9.17) is 0 Å². The van der Waals surface area contributed by atoms with Gasteiger partial charge >= 0.3 is 0 Å². The molecule has 0 heterocycles. The Morgan fingerprint density at radius 2 is 2.25 bits per heavy atom. The molecule has 0 aliphatic carbocycles. The van der Waals surface area contributed by atoms with Gasteiger partial charge in [-0.05, 0) is 12.1 Å². The average molecular weight is 306 g/mol. The smallest absolute Gasteiger partial charge is 0.136 e. The summed E-state index contributed by atoms with van der Waals surface area (Å²) in [5.74, 6) is -0.448. The summed E-state index contributed by atoms with van der Waals surface area (Å²) < 4.78 is 26.2. The van der Waals surface area contributed by atoms with Crippen molar-refractivity contribution in [2.45, 2.75) is 0 Å². The minimum absolute atomic E-state index is 0.298. The van der Waals surface area contributed by atoms with Crippen LogP contribution in [0.25, 0.3) is 0 Å². The molecule has 0 aromatic heterocycles. The molecule has 0 amide bonds. The number of nitrogens with zero attached hydrogens (tertiary/aromatic N) is 1. The number of alkyl halides is 1. The molecule has 1 aromatic rings. The lowest BCUT2D eigenvalue weighted by Crippen LogP contribution is -2.01. The standard InChI is InChI=1S/C11H10BrF2NS/c1-2-15-11(16-6-5-12)9-4-3-8(13)7-10(9)14/h2-4,7H,1,5-6H2. The Morgan fingerprint density at radius 3 is 2.81 bits per heavy atom. The van der Waals surface area contributed by atoms with Gasteiger partial charge in [0, 0.05) is 28.9 Å². The zero-order valence-corrected chi connectivity index (χ0v) is 10.8. The van der Waals surface area contributed by atoms with Crippen LogP contribution in [-0.2, 0) is 0 Å². The molecule has 16 heavy (non-hydrogen) atoms. The van der Waals surface area contributed by atoms with Gasteiger partial charge in [0.2, 0.25) is 0 Å². The molecule has 0 saturated heterocycles. The van der Waals surface area contributed by atoms with Crippen LogP contribution in [0.3, 0.4) is 0 Å². The van der Waals surface area contributed by atoms with E-state index in [0.29, 0.717) is 10.6 Å². The van der Waals surface area contributed by atoms with Crippen LogP contribution in [0, 0.1) is 11.6 Å². The Labute approximate surface area is 106 Å². The Hall–Kier alpha value is -0.680. The van der Waals surface area contributed by atoms with Crippen LogP contribution >= 0.6 is 27.7 Å². The molecule has 0 aliphatic rings. The van der Waals surface area contributed by atoms with Gasteiger partial charge in [0.25, 0.3) is 0 Å². The molecular weight excluding hydrogens is 296 g/mol. The predicted molar refractivity (Wildman–Crippen MR) is 69.3 cm³/mol. The lowest BCUT2D eigenvalue weighted by Gasteiger charge is -2.05. The molecule has 0 fully saturated rings. The zero-order chi connectivity index (χ0) is 12.0. The van der Waals surface area contributed by atoms with E-state index >= 15 is 0 Å². The van der Waals surface area contributed by atoms with Crippen molar-refractivity contribution in [1.82, 2.24) is 0 Å². The molecule has 0 N–H and O–H groups in total. The van der Waals surface area contributed by atoms with Gasteiger partial charge in [-0.25, -0.2) is 13.8 Å². The predicted octanol–water partition coefficient (Wildman–Crippen LogP) is 3.98. The van der Waals surface area contributed by atoms with Crippen molar-refractivity contribution >= 4 is 32.7 Å². The highest BCUT2D eigenvalue weighted by molar-refractivity contribution is 9.09. The fourth-order valence-corrected chi connectivity index (χ4v) is 2.29. The molecule has 1 rings (SSSR count). The Balaban J connectivity index is 3.01. The molecule has 1 nitrogen and oxygen atoms in total. The minimum Gasteiger partial charge on any atom is -0.250 e. The van der Waals surface area contributed by atoms with Crippen molar-refractivity contribution in [2.75, 3.05) is 11.1 Å². The number of hydrogen-bond acceptors (Lipinski definition) is 2. The first-order chi connectivity index (χ1) is 7.69. The van der Waals surface area contributed by atoms with Crippen molar-refractivity contribution in [3.05, 3.63) is 48.2 Å². The van der Waals surface area contributed by atoms with Gasteiger partial charge < -0.3 is 0 Å². The first-order valence-electron chi connectivity index (χ1n) is 4.52. The molecule has 0 unspecified atom stereocenters. The fourth-order valence-electron chi connectivity index (χ4n) is 1.07. The third-order valence-electron chi connectivity index (χ3n) is 1.69. The molecule has 0 aliphatic heterocycles. The number of hydrogen-bond donors (Lipinski definition) is 0. The fraction of sp³-hybridized carbons (Fsp3) is 0.182. The minimum atomic E-state index is -0.609. The van der Waals surface area contributed by atoms with Crippen LogP contribution in [-0.4, -0.2) is 16.1 Å². The Bertz CT molecular complexity index is 407. The Morgan fingerprint density at radius 1 is 1.50 bits per heavy atom. The van der Waals surface area contributed by atoms with E-state index in [-0.39, 0.29) is 0 Å². The lowest BCUT2D eigenvalue weighted by atomic mass is 10.2. The van der Waals surface area contributed by atoms with E-state index in [1.165, 1.54) is 30.1 Å². The highest BCUT2D eigenvalue weighted by Gasteiger charge is 2.10. The van der Waals surface area contributed by atoms with E-state index in [9.17, 15) is 8.78 Å². The maximum absolute atomic E-state index is 13.5. The second kappa shape index (κ2) is 6.81. The Kier molecular flexibility index (Phi) is 5.69. The van der Waals surface area contributed by atoms with Crippen LogP contribution < -0.4 is 0 Å². The molecule has 0 atom stereocenters. The van der Waals surface area contributed by atoms with Crippen LogP contribution in [0.2, 0.25) is 0 Å². The summed E-state index contributed by atoms with van der Waals surface area (Å²) >= 11 is 4.66. The van der Waals surface area contributed by atoms with Gasteiger partial charge in [0.1, 0.15) is 16.7 Å². The quantitative estimate of drug-likeness (QED) is 0.465. The maximum Gasteiger partial charge on any atom is 0.136 e. The summed E-state index contributed by atoms with van der Waals surface area (Å²) in [7, 11) is 0. The molecule has 0 saturated carbocycles. The average Bonchev–Trinajstić information content (AvgIpc) is 2.25. The molecule has 0 bridgehead atoms. The number of benzene rings is 1. The maximum atomic E-state index is 13.5. The van der Waals surface area contributed by atoms with E-state index < -0.39 is 11.6 Å². The van der Waals surface area contributed by atoms with Crippen molar-refractivity contribution in [3.8, 4) is 0 Å². The van der Waals surface area contributed by atoms with E-state index in [1.54, 1.807) is 0 Å². The van der Waals surface area contributed by atoms with Gasteiger partial charge in [0.15, 0.2) is 0 Å². The largest absolute Gasteiger partial charge is 0.250 e. The van der Waals surface area contributed by atoms with Crippen LogP contribution in [0.15, 0.2) is 36.0 Å². The molecular formula is C11H10BrF2NS. The number of halogens is 3. The van der Waals surface area contributed by atoms with E-state index in [1.807, 2.05) is 0 Å².